The van der Waals surface area contributed by atoms with Crippen molar-refractivity contribution in [2.75, 3.05) is 13.2 Å². The third-order valence-corrected chi connectivity index (χ3v) is 3.07. The highest BCUT2D eigenvalue weighted by molar-refractivity contribution is 4.67. The number of aliphatic hydroxyl groups excluding tert-OH is 1. The van der Waals surface area contributed by atoms with Gasteiger partial charge in [-0.3, -0.25) is 0 Å². The minimum atomic E-state index is -0.702. The van der Waals surface area contributed by atoms with Gasteiger partial charge in [-0.2, -0.15) is 0 Å². The lowest BCUT2D eigenvalue weighted by molar-refractivity contribution is -0.108. The molecular weight excluding hydrogens is 240 g/mol. The SMILES string of the molecule is CC(C)CC(C)CC(CC(C)C)OCCOC(C)O. The van der Waals surface area contributed by atoms with Gasteiger partial charge in [0.05, 0.1) is 19.3 Å². The first-order valence-corrected chi connectivity index (χ1v) is 7.72. The zero-order chi connectivity index (χ0) is 14.8. The maximum atomic E-state index is 9.03. The highest BCUT2D eigenvalue weighted by atomic mass is 16.6. The van der Waals surface area contributed by atoms with E-state index < -0.39 is 6.29 Å². The zero-order valence-electron chi connectivity index (χ0n) is 13.7. The Morgan fingerprint density at radius 1 is 0.737 bits per heavy atom. The van der Waals surface area contributed by atoms with E-state index in [2.05, 4.69) is 34.6 Å². The molecule has 0 aliphatic rings. The Hall–Kier alpha value is -0.120. The van der Waals surface area contributed by atoms with E-state index in [4.69, 9.17) is 14.6 Å². The Morgan fingerprint density at radius 3 is 1.74 bits per heavy atom. The summed E-state index contributed by atoms with van der Waals surface area (Å²) in [4.78, 5) is 0. The Kier molecular flexibility index (Phi) is 10.6. The second-order valence-corrected chi connectivity index (χ2v) is 6.56. The molecule has 0 bridgehead atoms. The fraction of sp³-hybridized carbons (Fsp3) is 1.00. The average Bonchev–Trinajstić information content (AvgIpc) is 2.21. The van der Waals surface area contributed by atoms with Crippen molar-refractivity contribution in [2.24, 2.45) is 17.8 Å². The van der Waals surface area contributed by atoms with Gasteiger partial charge < -0.3 is 14.6 Å². The van der Waals surface area contributed by atoms with Crippen LogP contribution in [0.2, 0.25) is 0 Å². The van der Waals surface area contributed by atoms with E-state index in [1.165, 1.54) is 6.42 Å². The Labute approximate surface area is 119 Å². The molecule has 0 aliphatic carbocycles. The third kappa shape index (κ3) is 12.6. The molecule has 0 aromatic heterocycles. The van der Waals surface area contributed by atoms with E-state index in [-0.39, 0.29) is 0 Å². The predicted molar refractivity (Wildman–Crippen MR) is 80.1 cm³/mol. The van der Waals surface area contributed by atoms with Crippen molar-refractivity contribution >= 4 is 0 Å². The van der Waals surface area contributed by atoms with Gasteiger partial charge in [0.25, 0.3) is 0 Å². The van der Waals surface area contributed by atoms with Crippen LogP contribution >= 0.6 is 0 Å². The van der Waals surface area contributed by atoms with Crippen molar-refractivity contribution in [1.29, 1.82) is 0 Å². The highest BCUT2D eigenvalue weighted by Gasteiger charge is 2.16. The van der Waals surface area contributed by atoms with E-state index in [0.717, 1.165) is 18.8 Å². The number of hydrogen-bond acceptors (Lipinski definition) is 3. The van der Waals surface area contributed by atoms with Crippen LogP contribution in [0.5, 0.6) is 0 Å². The van der Waals surface area contributed by atoms with Crippen LogP contribution in [-0.2, 0) is 9.47 Å². The molecule has 0 aromatic carbocycles. The molecule has 3 atom stereocenters. The molecule has 0 spiro atoms. The molecule has 0 aliphatic heterocycles. The van der Waals surface area contributed by atoms with E-state index in [1.807, 2.05) is 0 Å². The molecule has 0 fully saturated rings. The van der Waals surface area contributed by atoms with Crippen LogP contribution in [0, 0.1) is 17.8 Å². The van der Waals surface area contributed by atoms with Gasteiger partial charge in [-0.05, 0) is 43.9 Å². The summed E-state index contributed by atoms with van der Waals surface area (Å²) in [6, 6.07) is 0. The number of aliphatic hydroxyl groups is 1. The molecule has 19 heavy (non-hydrogen) atoms. The van der Waals surface area contributed by atoms with Crippen molar-refractivity contribution < 1.29 is 14.6 Å². The maximum Gasteiger partial charge on any atom is 0.151 e. The molecule has 0 heterocycles. The van der Waals surface area contributed by atoms with Crippen molar-refractivity contribution in [2.45, 2.75) is 73.2 Å². The molecule has 3 unspecified atom stereocenters. The van der Waals surface area contributed by atoms with Gasteiger partial charge >= 0.3 is 0 Å². The average molecular weight is 274 g/mol. The van der Waals surface area contributed by atoms with Crippen LogP contribution in [0.4, 0.5) is 0 Å². The topological polar surface area (TPSA) is 38.7 Å². The molecule has 0 radical (unpaired) electrons. The van der Waals surface area contributed by atoms with Gasteiger partial charge in [0.15, 0.2) is 6.29 Å². The number of rotatable bonds is 11. The minimum Gasteiger partial charge on any atom is -0.376 e. The van der Waals surface area contributed by atoms with Gasteiger partial charge in [-0.15, -0.1) is 0 Å². The fourth-order valence-electron chi connectivity index (χ4n) is 2.54. The summed E-state index contributed by atoms with van der Waals surface area (Å²) in [5, 5.41) is 9.03. The second kappa shape index (κ2) is 10.6. The lowest BCUT2D eigenvalue weighted by atomic mass is 9.91. The summed E-state index contributed by atoms with van der Waals surface area (Å²) in [6.45, 7) is 14.0. The smallest absolute Gasteiger partial charge is 0.151 e. The molecular formula is C16H34O3. The first kappa shape index (κ1) is 18.9. The zero-order valence-corrected chi connectivity index (χ0v) is 13.7. The predicted octanol–water partition coefficient (Wildman–Crippen LogP) is 3.84. The molecule has 0 amide bonds. The van der Waals surface area contributed by atoms with Crippen molar-refractivity contribution in [3.05, 3.63) is 0 Å². The lowest BCUT2D eigenvalue weighted by Crippen LogP contribution is -2.22. The molecule has 0 saturated heterocycles. The monoisotopic (exact) mass is 274 g/mol. The molecule has 3 heteroatoms. The number of hydrogen-bond donors (Lipinski definition) is 1. The third-order valence-electron chi connectivity index (χ3n) is 3.07. The molecule has 1 N–H and O–H groups in total. The van der Waals surface area contributed by atoms with Gasteiger partial charge in [-0.25, -0.2) is 0 Å². The van der Waals surface area contributed by atoms with Crippen LogP contribution < -0.4 is 0 Å². The Morgan fingerprint density at radius 2 is 1.26 bits per heavy atom. The van der Waals surface area contributed by atoms with Crippen LogP contribution in [0.15, 0.2) is 0 Å². The standard InChI is InChI=1S/C16H34O3/c1-12(2)9-14(5)11-16(10-13(3)4)19-8-7-18-15(6)17/h12-17H,7-11H2,1-6H3. The number of ether oxygens (including phenoxy) is 2. The lowest BCUT2D eigenvalue weighted by Gasteiger charge is -2.24. The molecule has 116 valence electrons. The van der Waals surface area contributed by atoms with E-state index in [1.54, 1.807) is 6.92 Å². The normalized spacial score (nSPS) is 16.9. The van der Waals surface area contributed by atoms with E-state index >= 15 is 0 Å². The van der Waals surface area contributed by atoms with Gasteiger partial charge in [0, 0.05) is 0 Å². The summed E-state index contributed by atoms with van der Waals surface area (Å²) in [7, 11) is 0. The first-order chi connectivity index (χ1) is 8.81. The molecule has 3 nitrogen and oxygen atoms in total. The summed E-state index contributed by atoms with van der Waals surface area (Å²) in [5.41, 5.74) is 0. The van der Waals surface area contributed by atoms with Crippen LogP contribution in [-0.4, -0.2) is 30.7 Å². The Bertz CT molecular complexity index is 202. The van der Waals surface area contributed by atoms with Gasteiger partial charge in [0.1, 0.15) is 0 Å². The Balaban J connectivity index is 4.00. The summed E-state index contributed by atoms with van der Waals surface area (Å²) in [6.07, 6.45) is 3.07. The fourth-order valence-corrected chi connectivity index (χ4v) is 2.54. The maximum absolute atomic E-state index is 9.03. The van der Waals surface area contributed by atoms with Gasteiger partial charge in [0.2, 0.25) is 0 Å². The first-order valence-electron chi connectivity index (χ1n) is 7.72. The van der Waals surface area contributed by atoms with Crippen molar-refractivity contribution in [3.8, 4) is 0 Å². The van der Waals surface area contributed by atoms with Crippen LogP contribution in [0.25, 0.3) is 0 Å². The molecule has 0 rings (SSSR count). The van der Waals surface area contributed by atoms with Crippen molar-refractivity contribution in [1.82, 2.24) is 0 Å². The van der Waals surface area contributed by atoms with E-state index in [0.29, 0.717) is 31.2 Å². The summed E-state index contributed by atoms with van der Waals surface area (Å²) in [5.74, 6) is 2.09. The van der Waals surface area contributed by atoms with Gasteiger partial charge in [-0.1, -0.05) is 34.6 Å². The minimum absolute atomic E-state index is 0.311. The summed E-state index contributed by atoms with van der Waals surface area (Å²) >= 11 is 0. The molecule has 0 saturated carbocycles. The molecule has 0 aromatic rings. The van der Waals surface area contributed by atoms with E-state index in [9.17, 15) is 0 Å². The quantitative estimate of drug-likeness (QED) is 0.459. The second-order valence-electron chi connectivity index (χ2n) is 6.56. The largest absolute Gasteiger partial charge is 0.376 e. The van der Waals surface area contributed by atoms with Crippen LogP contribution in [0.3, 0.4) is 0 Å². The van der Waals surface area contributed by atoms with Crippen LogP contribution in [0.1, 0.15) is 60.8 Å². The van der Waals surface area contributed by atoms with Crippen molar-refractivity contribution in [3.63, 3.8) is 0 Å². The summed E-state index contributed by atoms with van der Waals surface area (Å²) < 4.78 is 11.0. The highest BCUT2D eigenvalue weighted by Crippen LogP contribution is 2.21.